The summed E-state index contributed by atoms with van der Waals surface area (Å²) in [5.74, 6) is 0. The molecule has 0 radical (unpaired) electrons. The van der Waals surface area contributed by atoms with Gasteiger partial charge in [-0.25, -0.2) is 9.35 Å². The van der Waals surface area contributed by atoms with E-state index in [1.165, 1.54) is 0 Å². The standard InChI is InChI=1S/F2H2N4O3S3/c1-10(7)4-11(2,8)6-12(3,9)5-10/h(H2,3,4,5,6,7,8,9). The Balaban J connectivity index is 3.83. The van der Waals surface area contributed by atoms with Crippen molar-refractivity contribution in [1.29, 1.82) is 0 Å². The highest BCUT2D eigenvalue weighted by atomic mass is 32.3. The average molecular weight is 240 g/mol. The lowest BCUT2D eigenvalue weighted by molar-refractivity contribution is 0.629. The van der Waals surface area contributed by atoms with Crippen molar-refractivity contribution in [3.05, 3.63) is 0 Å². The second-order valence-electron chi connectivity index (χ2n) is 1.62. The SMILES string of the molecule is NS1(=O)=NS(=O)(F)=NS(=O)(F)=N1. The fourth-order valence-corrected chi connectivity index (χ4v) is 4.49. The highest BCUT2D eigenvalue weighted by molar-refractivity contribution is 8.10. The van der Waals surface area contributed by atoms with Crippen molar-refractivity contribution in [3.8, 4) is 0 Å². The van der Waals surface area contributed by atoms with Crippen LogP contribution in [-0.2, 0) is 30.7 Å². The molecular formula is H2F2N4O3S3. The third kappa shape index (κ3) is 2.33. The molecule has 0 amide bonds. The molecule has 0 fully saturated rings. The molecule has 2 N–H and O–H groups in total. The van der Waals surface area contributed by atoms with Crippen LogP contribution in [0, 0.1) is 0 Å². The van der Waals surface area contributed by atoms with Gasteiger partial charge in [0.1, 0.15) is 0 Å². The summed E-state index contributed by atoms with van der Waals surface area (Å²) in [7, 11) is -14.1. The monoisotopic (exact) mass is 240 g/mol. The van der Waals surface area contributed by atoms with E-state index in [1.807, 2.05) is 3.77 Å². The third-order valence-corrected chi connectivity index (χ3v) is 5.23. The predicted octanol–water partition coefficient (Wildman–Crippen LogP) is -0.208. The van der Waals surface area contributed by atoms with E-state index in [4.69, 9.17) is 0 Å². The molecule has 0 aromatic heterocycles. The van der Waals surface area contributed by atoms with Crippen LogP contribution in [0.5, 0.6) is 0 Å². The smallest absolute Gasteiger partial charge is 0.225 e. The van der Waals surface area contributed by atoms with Crippen LogP contribution in [0.1, 0.15) is 0 Å². The summed E-state index contributed by atoms with van der Waals surface area (Å²) in [4.78, 5) is 0. The molecule has 1 aliphatic heterocycles. The number of halogens is 2. The maximum atomic E-state index is 12.3. The number of nitrogens with two attached hydrogens (primary N) is 1. The quantitative estimate of drug-likeness (QED) is 0.591. The summed E-state index contributed by atoms with van der Waals surface area (Å²) in [5, 5.41) is 4.53. The highest BCUT2D eigenvalue weighted by Crippen LogP contribution is 2.17. The molecular weight excluding hydrogens is 238 g/mol. The zero-order valence-corrected chi connectivity index (χ0v) is 7.57. The Morgan fingerprint density at radius 3 is 1.67 bits per heavy atom. The Labute approximate surface area is 68.0 Å². The van der Waals surface area contributed by atoms with Crippen LogP contribution in [0.25, 0.3) is 0 Å². The second kappa shape index (κ2) is 2.34. The van der Waals surface area contributed by atoms with E-state index < -0.39 is 30.7 Å². The summed E-state index contributed by atoms with van der Waals surface area (Å²) in [6.07, 6.45) is 0. The van der Waals surface area contributed by atoms with Gasteiger partial charge in [-0.1, -0.05) is 11.3 Å². The lowest BCUT2D eigenvalue weighted by Gasteiger charge is -2.01. The second-order valence-corrected chi connectivity index (χ2v) is 6.22. The molecule has 1 aliphatic rings. The Kier molecular flexibility index (Phi) is 1.90. The van der Waals surface area contributed by atoms with Crippen LogP contribution in [0.15, 0.2) is 11.3 Å². The molecule has 0 saturated carbocycles. The number of hydrogen-bond acceptors (Lipinski definition) is 3. The van der Waals surface area contributed by atoms with Crippen molar-refractivity contribution in [2.45, 2.75) is 0 Å². The molecule has 0 saturated heterocycles. The first-order chi connectivity index (χ1) is 5.12. The van der Waals surface area contributed by atoms with Crippen molar-refractivity contribution in [3.63, 3.8) is 0 Å². The Hall–Kier alpha value is -0.330. The molecule has 12 heteroatoms. The van der Waals surface area contributed by atoms with Gasteiger partial charge < -0.3 is 0 Å². The van der Waals surface area contributed by atoms with E-state index >= 15 is 0 Å². The molecule has 1 heterocycles. The fourth-order valence-electron chi connectivity index (χ4n) is 0.418. The molecule has 1 rings (SSSR count). The van der Waals surface area contributed by atoms with Gasteiger partial charge in [0.05, 0.1) is 0 Å². The summed E-state index contributed by atoms with van der Waals surface area (Å²) < 4.78 is 62.3. The van der Waals surface area contributed by atoms with Crippen LogP contribution in [0.4, 0.5) is 7.77 Å². The molecule has 72 valence electrons. The van der Waals surface area contributed by atoms with Gasteiger partial charge in [0.15, 0.2) is 0 Å². The van der Waals surface area contributed by atoms with Crippen LogP contribution < -0.4 is 5.14 Å². The highest BCUT2D eigenvalue weighted by Gasteiger charge is 2.23. The summed E-state index contributed by atoms with van der Waals surface area (Å²) in [6.45, 7) is 0. The van der Waals surface area contributed by atoms with E-state index in [0.717, 1.165) is 0 Å². The average Bonchev–Trinajstić information content (AvgIpc) is 1.44. The van der Waals surface area contributed by atoms with E-state index in [2.05, 4.69) is 12.7 Å². The molecule has 3 atom stereocenters. The lowest BCUT2D eigenvalue weighted by Crippen LogP contribution is -2.15. The third-order valence-electron chi connectivity index (χ3n) is 0.581. The van der Waals surface area contributed by atoms with Gasteiger partial charge in [0.25, 0.3) is 0 Å². The zero-order chi connectivity index (χ0) is 9.62. The van der Waals surface area contributed by atoms with Gasteiger partial charge in [-0.05, 0) is 0 Å². The van der Waals surface area contributed by atoms with Crippen LogP contribution in [-0.4, -0.2) is 12.6 Å². The van der Waals surface area contributed by atoms with Crippen molar-refractivity contribution >= 4 is 30.7 Å². The fraction of sp³-hybridized carbons (Fsp3) is 0. The van der Waals surface area contributed by atoms with E-state index in [9.17, 15) is 20.4 Å². The Bertz CT molecular complexity index is 442. The van der Waals surface area contributed by atoms with Gasteiger partial charge in [-0.2, -0.15) is 8.42 Å². The van der Waals surface area contributed by atoms with Gasteiger partial charge in [0.2, 0.25) is 10.1 Å². The normalized spacial score (nSPS) is 53.2. The van der Waals surface area contributed by atoms with Crippen molar-refractivity contribution in [2.75, 3.05) is 0 Å². The van der Waals surface area contributed by atoms with E-state index in [1.54, 1.807) is 0 Å². The number of hydrogen-bond donors (Lipinski definition) is 1. The number of nitrogens with zero attached hydrogens (tertiary/aromatic N) is 3. The number of rotatable bonds is 0. The van der Waals surface area contributed by atoms with Gasteiger partial charge >= 0.3 is 20.6 Å². The molecule has 0 aromatic rings. The predicted molar refractivity (Wildman–Crippen MR) is 38.1 cm³/mol. The van der Waals surface area contributed by atoms with Crippen LogP contribution in [0.2, 0.25) is 0 Å². The zero-order valence-electron chi connectivity index (χ0n) is 5.12. The Morgan fingerprint density at radius 2 is 1.33 bits per heavy atom. The maximum Gasteiger partial charge on any atom is 0.338 e. The minimum Gasteiger partial charge on any atom is -0.225 e. The van der Waals surface area contributed by atoms with E-state index in [-0.39, 0.29) is 0 Å². The first kappa shape index (κ1) is 9.76. The molecule has 12 heavy (non-hydrogen) atoms. The summed E-state index contributed by atoms with van der Waals surface area (Å²) >= 11 is 0. The van der Waals surface area contributed by atoms with Crippen molar-refractivity contribution < 1.29 is 20.4 Å². The first-order valence-electron chi connectivity index (χ1n) is 2.14. The van der Waals surface area contributed by atoms with Gasteiger partial charge in [0, 0.05) is 0 Å². The van der Waals surface area contributed by atoms with E-state index in [0.29, 0.717) is 0 Å². The van der Waals surface area contributed by atoms with Gasteiger partial charge in [-0.15, -0.1) is 7.77 Å². The van der Waals surface area contributed by atoms with Crippen LogP contribution in [0.3, 0.4) is 0 Å². The Morgan fingerprint density at radius 1 is 0.917 bits per heavy atom. The largest absolute Gasteiger partial charge is 0.338 e. The molecule has 3 unspecified atom stereocenters. The molecule has 0 aromatic carbocycles. The van der Waals surface area contributed by atoms with Gasteiger partial charge in [-0.3, -0.25) is 0 Å². The van der Waals surface area contributed by atoms with Crippen molar-refractivity contribution in [1.82, 2.24) is 0 Å². The lowest BCUT2D eigenvalue weighted by atomic mass is 13.8. The topological polar surface area (TPSA) is 114 Å². The summed E-state index contributed by atoms with van der Waals surface area (Å²) in [6, 6.07) is 0. The molecule has 0 bridgehead atoms. The minimum atomic E-state index is -4.94. The van der Waals surface area contributed by atoms with Crippen molar-refractivity contribution in [2.24, 2.45) is 16.4 Å². The summed E-state index contributed by atoms with van der Waals surface area (Å²) in [5.41, 5.74) is 0. The van der Waals surface area contributed by atoms with Crippen LogP contribution >= 0.6 is 0 Å². The molecule has 7 nitrogen and oxygen atoms in total. The molecule has 0 spiro atoms. The maximum absolute atomic E-state index is 12.3. The molecule has 0 aliphatic carbocycles. The minimum absolute atomic E-state index is 1.97. The first-order valence-corrected chi connectivity index (χ1v) is 6.42.